The molecule has 1 aliphatic heterocycles. The Kier molecular flexibility index (Phi) is 4.75. The fourth-order valence-corrected chi connectivity index (χ4v) is 3.05. The summed E-state index contributed by atoms with van der Waals surface area (Å²) in [7, 11) is 0. The molecule has 24 heavy (non-hydrogen) atoms. The van der Waals surface area contributed by atoms with Gasteiger partial charge in [-0.1, -0.05) is 0 Å². The first kappa shape index (κ1) is 16.4. The normalized spacial score (nSPS) is 21.5. The highest BCUT2D eigenvalue weighted by Gasteiger charge is 2.28. The van der Waals surface area contributed by atoms with E-state index in [0.717, 1.165) is 17.5 Å². The van der Waals surface area contributed by atoms with Gasteiger partial charge in [0.05, 0.1) is 18.2 Å². The lowest BCUT2D eigenvalue weighted by molar-refractivity contribution is -0.131. The monoisotopic (exact) mass is 330 g/mol. The molecule has 0 unspecified atom stereocenters. The fraction of sp³-hybridized carbons (Fsp3) is 0.500. The summed E-state index contributed by atoms with van der Waals surface area (Å²) in [6.45, 7) is 2.79. The van der Waals surface area contributed by atoms with Crippen LogP contribution in [0.25, 0.3) is 11.0 Å². The molecule has 2 amide bonds. The molecule has 8 heteroatoms. The minimum absolute atomic E-state index is 0.0456. The number of aromatic amines is 1. The van der Waals surface area contributed by atoms with E-state index in [-0.39, 0.29) is 23.8 Å². The Morgan fingerprint density at radius 2 is 2.25 bits per heavy atom. The van der Waals surface area contributed by atoms with E-state index in [1.807, 2.05) is 12.1 Å². The van der Waals surface area contributed by atoms with E-state index in [1.54, 1.807) is 11.1 Å². The molecule has 2 atom stereocenters. The Morgan fingerprint density at radius 3 is 3.04 bits per heavy atom. The van der Waals surface area contributed by atoms with Crippen molar-refractivity contribution in [2.75, 3.05) is 13.1 Å². The van der Waals surface area contributed by atoms with E-state index < -0.39 is 0 Å². The van der Waals surface area contributed by atoms with Crippen LogP contribution >= 0.6 is 0 Å². The Hall–Kier alpha value is -2.48. The Morgan fingerprint density at radius 1 is 1.42 bits per heavy atom. The van der Waals surface area contributed by atoms with Gasteiger partial charge in [0, 0.05) is 37.6 Å². The van der Waals surface area contributed by atoms with Gasteiger partial charge >= 0.3 is 0 Å². The van der Waals surface area contributed by atoms with Crippen molar-refractivity contribution in [1.29, 1.82) is 0 Å². The Bertz CT molecular complexity index is 743. The van der Waals surface area contributed by atoms with Gasteiger partial charge in [0.2, 0.25) is 11.8 Å². The molecule has 8 nitrogen and oxygen atoms in total. The minimum Gasteiger partial charge on any atom is -0.350 e. The zero-order valence-corrected chi connectivity index (χ0v) is 13.7. The van der Waals surface area contributed by atoms with Gasteiger partial charge in [-0.25, -0.2) is 4.98 Å². The average molecular weight is 330 g/mol. The lowest BCUT2D eigenvalue weighted by Crippen LogP contribution is -2.42. The number of rotatable bonds is 3. The summed E-state index contributed by atoms with van der Waals surface area (Å²) >= 11 is 0. The molecule has 3 heterocycles. The number of hydrogen-bond donors (Lipinski definition) is 3. The number of pyridine rings is 1. The summed E-state index contributed by atoms with van der Waals surface area (Å²) in [6, 6.07) is 3.67. The smallest absolute Gasteiger partial charge is 0.225 e. The predicted octanol–water partition coefficient (Wildman–Crippen LogP) is 0.160. The van der Waals surface area contributed by atoms with Gasteiger partial charge in [-0.2, -0.15) is 5.10 Å². The fourth-order valence-electron chi connectivity index (χ4n) is 3.05. The van der Waals surface area contributed by atoms with Crippen molar-refractivity contribution in [3.63, 3.8) is 0 Å². The van der Waals surface area contributed by atoms with Gasteiger partial charge in [-0.05, 0) is 25.0 Å². The highest BCUT2D eigenvalue weighted by molar-refractivity contribution is 5.82. The first-order valence-corrected chi connectivity index (χ1v) is 8.11. The molecule has 3 rings (SSSR count). The Labute approximate surface area is 139 Å². The van der Waals surface area contributed by atoms with Crippen molar-refractivity contribution >= 4 is 22.8 Å². The topological polar surface area (TPSA) is 117 Å². The number of carbonyl (C=O) groups excluding carboxylic acids is 2. The maximum Gasteiger partial charge on any atom is 0.225 e. The van der Waals surface area contributed by atoms with Crippen molar-refractivity contribution in [3.05, 3.63) is 24.0 Å². The predicted molar refractivity (Wildman–Crippen MR) is 88.7 cm³/mol. The number of nitrogens with one attached hydrogen (secondary N) is 2. The first-order chi connectivity index (χ1) is 11.5. The van der Waals surface area contributed by atoms with E-state index in [9.17, 15) is 9.59 Å². The van der Waals surface area contributed by atoms with Crippen LogP contribution in [-0.2, 0) is 16.1 Å². The number of aromatic nitrogens is 3. The van der Waals surface area contributed by atoms with Crippen LogP contribution in [-0.4, -0.2) is 51.0 Å². The third-order valence-corrected chi connectivity index (χ3v) is 4.45. The maximum atomic E-state index is 12.5. The zero-order valence-electron chi connectivity index (χ0n) is 13.7. The zero-order chi connectivity index (χ0) is 17.1. The van der Waals surface area contributed by atoms with Crippen LogP contribution in [0.1, 0.15) is 25.5 Å². The first-order valence-electron chi connectivity index (χ1n) is 8.11. The number of likely N-dealkylation sites (tertiary alicyclic amines) is 1. The summed E-state index contributed by atoms with van der Waals surface area (Å²) in [6.07, 6.45) is 3.09. The van der Waals surface area contributed by atoms with Crippen LogP contribution in [0.15, 0.2) is 18.3 Å². The van der Waals surface area contributed by atoms with E-state index in [2.05, 4.69) is 20.5 Å². The number of nitrogens with two attached hydrogens (primary N) is 1. The molecular formula is C16H22N6O2. The maximum absolute atomic E-state index is 12.5. The molecule has 2 aromatic rings. The lowest BCUT2D eigenvalue weighted by atomic mass is 10.0. The molecule has 0 aromatic carbocycles. The molecule has 1 saturated heterocycles. The van der Waals surface area contributed by atoms with Gasteiger partial charge < -0.3 is 16.0 Å². The number of H-pyrrole nitrogens is 1. The van der Waals surface area contributed by atoms with Gasteiger partial charge in [0.1, 0.15) is 0 Å². The number of hydrogen-bond acceptors (Lipinski definition) is 5. The summed E-state index contributed by atoms with van der Waals surface area (Å²) in [4.78, 5) is 30.0. The highest BCUT2D eigenvalue weighted by atomic mass is 16.2. The second kappa shape index (κ2) is 6.96. The van der Waals surface area contributed by atoms with Crippen molar-refractivity contribution in [3.8, 4) is 0 Å². The van der Waals surface area contributed by atoms with Gasteiger partial charge in [0.25, 0.3) is 0 Å². The largest absolute Gasteiger partial charge is 0.350 e. The van der Waals surface area contributed by atoms with Crippen LogP contribution in [0.4, 0.5) is 0 Å². The standard InChI is InChI=1S/C16H22N6O2/c1-10(23)22-8-11(4-5-12(17)9-22)16(24)19-7-14-13-3-2-6-18-15(13)21-20-14/h2-3,6,11-12H,4-5,7-9,17H2,1H3,(H,19,24)(H,18,20,21)/t11-,12+/m1/s1. The van der Waals surface area contributed by atoms with Gasteiger partial charge in [0.15, 0.2) is 5.65 Å². The quantitative estimate of drug-likeness (QED) is 0.741. The molecular weight excluding hydrogens is 308 g/mol. The molecule has 4 N–H and O–H groups in total. The second-order valence-electron chi connectivity index (χ2n) is 6.25. The van der Waals surface area contributed by atoms with E-state index in [1.165, 1.54) is 6.92 Å². The van der Waals surface area contributed by atoms with E-state index in [4.69, 9.17) is 5.73 Å². The molecule has 0 spiro atoms. The minimum atomic E-state index is -0.241. The number of amides is 2. The van der Waals surface area contributed by atoms with Crippen molar-refractivity contribution < 1.29 is 9.59 Å². The summed E-state index contributed by atoms with van der Waals surface area (Å²) in [5.74, 6) is -0.354. The van der Waals surface area contributed by atoms with Crippen LogP contribution in [0.3, 0.4) is 0 Å². The summed E-state index contributed by atoms with van der Waals surface area (Å²) in [5.41, 5.74) is 7.44. The summed E-state index contributed by atoms with van der Waals surface area (Å²) in [5, 5.41) is 10.8. The summed E-state index contributed by atoms with van der Waals surface area (Å²) < 4.78 is 0. The van der Waals surface area contributed by atoms with Crippen LogP contribution < -0.4 is 11.1 Å². The third-order valence-electron chi connectivity index (χ3n) is 4.45. The molecule has 0 saturated carbocycles. The van der Waals surface area contributed by atoms with Crippen molar-refractivity contribution in [2.24, 2.45) is 11.7 Å². The number of nitrogens with zero attached hydrogens (tertiary/aromatic N) is 3. The molecule has 1 aliphatic rings. The molecule has 0 radical (unpaired) electrons. The van der Waals surface area contributed by atoms with E-state index >= 15 is 0 Å². The molecule has 0 aliphatic carbocycles. The molecule has 128 valence electrons. The number of carbonyl (C=O) groups is 2. The second-order valence-corrected chi connectivity index (χ2v) is 6.25. The van der Waals surface area contributed by atoms with Gasteiger partial charge in [-0.3, -0.25) is 14.7 Å². The Balaban J connectivity index is 1.64. The molecule has 2 aromatic heterocycles. The third kappa shape index (κ3) is 3.53. The van der Waals surface area contributed by atoms with Crippen LogP contribution in [0, 0.1) is 5.92 Å². The SMILES string of the molecule is CC(=O)N1C[C@@H](N)CC[C@@H](C(=O)NCc2[nH]nc3ncccc23)C1. The molecule has 1 fully saturated rings. The van der Waals surface area contributed by atoms with Crippen LogP contribution in [0.5, 0.6) is 0 Å². The number of fused-ring (bicyclic) bond motifs is 1. The molecule has 0 bridgehead atoms. The van der Waals surface area contributed by atoms with Crippen molar-refractivity contribution in [2.45, 2.75) is 32.4 Å². The van der Waals surface area contributed by atoms with E-state index in [0.29, 0.717) is 31.7 Å². The lowest BCUT2D eigenvalue weighted by Gasteiger charge is -2.23. The average Bonchev–Trinajstić information content (AvgIpc) is 2.87. The van der Waals surface area contributed by atoms with Crippen LogP contribution in [0.2, 0.25) is 0 Å². The van der Waals surface area contributed by atoms with Crippen molar-refractivity contribution in [1.82, 2.24) is 25.4 Å². The highest BCUT2D eigenvalue weighted by Crippen LogP contribution is 2.17. The van der Waals surface area contributed by atoms with Gasteiger partial charge in [-0.15, -0.1) is 0 Å².